The Hall–Kier alpha value is -2.76. The maximum atomic E-state index is 14.8. The molecule has 0 spiro atoms. The Bertz CT molecular complexity index is 1160. The first-order chi connectivity index (χ1) is 15.1. The Morgan fingerprint density at radius 3 is 2.71 bits per heavy atom. The largest absolute Gasteiger partial charge is 0.492 e. The van der Waals surface area contributed by atoms with E-state index in [1.54, 1.807) is 17.1 Å². The molecule has 0 fully saturated rings. The summed E-state index contributed by atoms with van der Waals surface area (Å²) in [5, 5.41) is 7.46. The molecule has 0 radical (unpaired) electrons. The number of fused-ring (bicyclic) bond motifs is 3. The Morgan fingerprint density at radius 2 is 1.94 bits per heavy atom. The molecule has 2 aliphatic rings. The van der Waals surface area contributed by atoms with E-state index in [0.29, 0.717) is 34.6 Å². The Balaban J connectivity index is 1.59. The summed E-state index contributed by atoms with van der Waals surface area (Å²) < 4.78 is 26.5. The van der Waals surface area contributed by atoms with Gasteiger partial charge in [-0.05, 0) is 48.9 Å². The lowest BCUT2D eigenvalue weighted by Crippen LogP contribution is -2.34. The van der Waals surface area contributed by atoms with Crippen molar-refractivity contribution < 1.29 is 13.9 Å². The second-order valence-corrected chi connectivity index (χ2v) is 8.18. The number of hydrogen-bond acceptors (Lipinski definition) is 4. The normalized spacial score (nSPS) is 19.4. The van der Waals surface area contributed by atoms with Gasteiger partial charge in [-0.15, -0.1) is 0 Å². The quantitative estimate of drug-likeness (QED) is 0.434. The van der Waals surface area contributed by atoms with E-state index < -0.39 is 12.0 Å². The van der Waals surface area contributed by atoms with Crippen LogP contribution >= 0.6 is 23.2 Å². The lowest BCUT2D eigenvalue weighted by molar-refractivity contribution is -0.0211. The molecule has 0 saturated carbocycles. The third-order valence-corrected chi connectivity index (χ3v) is 6.14. The Labute approximate surface area is 189 Å². The third kappa shape index (κ3) is 3.52. The molecule has 2 heterocycles. The first kappa shape index (κ1) is 20.2. The summed E-state index contributed by atoms with van der Waals surface area (Å²) in [7, 11) is 0. The monoisotopic (exact) mass is 456 g/mol. The van der Waals surface area contributed by atoms with Crippen LogP contribution in [-0.4, -0.2) is 17.3 Å². The van der Waals surface area contributed by atoms with Gasteiger partial charge >= 0.3 is 0 Å². The SMILES string of the molecule is CCOc1ccc(C2=NN3[C@@H](c4c(F)cccc4Cl)Oc4ccccc4[C@@H]3C2)cc1Cl. The zero-order valence-electron chi connectivity index (χ0n) is 16.7. The van der Waals surface area contributed by atoms with Gasteiger partial charge in [-0.3, -0.25) is 0 Å². The maximum Gasteiger partial charge on any atom is 0.218 e. The van der Waals surface area contributed by atoms with Gasteiger partial charge in [-0.1, -0.05) is 47.5 Å². The number of benzene rings is 3. The molecule has 0 unspecified atom stereocenters. The smallest absolute Gasteiger partial charge is 0.218 e. The summed E-state index contributed by atoms with van der Waals surface area (Å²) in [5.41, 5.74) is 3.01. The molecule has 2 atom stereocenters. The second kappa shape index (κ2) is 8.06. The molecule has 158 valence electrons. The molecule has 0 saturated heterocycles. The van der Waals surface area contributed by atoms with E-state index >= 15 is 0 Å². The fourth-order valence-corrected chi connectivity index (χ4v) is 4.59. The van der Waals surface area contributed by atoms with Gasteiger partial charge in [0.15, 0.2) is 0 Å². The van der Waals surface area contributed by atoms with Crippen LogP contribution < -0.4 is 9.47 Å². The van der Waals surface area contributed by atoms with Crippen LogP contribution in [0.5, 0.6) is 11.5 Å². The van der Waals surface area contributed by atoms with Crippen LogP contribution in [0.15, 0.2) is 65.8 Å². The highest BCUT2D eigenvalue weighted by molar-refractivity contribution is 6.32. The second-order valence-electron chi connectivity index (χ2n) is 7.37. The highest BCUT2D eigenvalue weighted by Gasteiger charge is 2.42. The van der Waals surface area contributed by atoms with Gasteiger partial charge in [0.25, 0.3) is 0 Å². The summed E-state index contributed by atoms with van der Waals surface area (Å²) in [6.07, 6.45) is -0.142. The highest BCUT2D eigenvalue weighted by atomic mass is 35.5. The van der Waals surface area contributed by atoms with Crippen molar-refractivity contribution >= 4 is 28.9 Å². The number of halogens is 3. The predicted molar refractivity (Wildman–Crippen MR) is 120 cm³/mol. The molecular weight excluding hydrogens is 438 g/mol. The van der Waals surface area contributed by atoms with Crippen molar-refractivity contribution in [3.63, 3.8) is 0 Å². The molecule has 31 heavy (non-hydrogen) atoms. The van der Waals surface area contributed by atoms with Crippen molar-refractivity contribution in [1.82, 2.24) is 5.01 Å². The summed E-state index contributed by atoms with van der Waals surface area (Å²) in [4.78, 5) is 0. The van der Waals surface area contributed by atoms with Crippen LogP contribution in [-0.2, 0) is 0 Å². The van der Waals surface area contributed by atoms with Crippen molar-refractivity contribution in [2.45, 2.75) is 25.6 Å². The third-order valence-electron chi connectivity index (χ3n) is 5.51. The average molecular weight is 457 g/mol. The lowest BCUT2D eigenvalue weighted by Gasteiger charge is -2.38. The molecule has 0 aliphatic carbocycles. The predicted octanol–water partition coefficient (Wildman–Crippen LogP) is 6.77. The average Bonchev–Trinajstić information content (AvgIpc) is 3.21. The van der Waals surface area contributed by atoms with Gasteiger partial charge < -0.3 is 9.47 Å². The van der Waals surface area contributed by atoms with Crippen molar-refractivity contribution in [3.8, 4) is 11.5 Å². The minimum absolute atomic E-state index is 0.106. The van der Waals surface area contributed by atoms with Crippen LogP contribution in [0.25, 0.3) is 0 Å². The van der Waals surface area contributed by atoms with Gasteiger partial charge in [-0.2, -0.15) is 5.10 Å². The van der Waals surface area contributed by atoms with E-state index in [0.717, 1.165) is 16.8 Å². The summed E-state index contributed by atoms with van der Waals surface area (Å²) in [6.45, 7) is 2.45. The van der Waals surface area contributed by atoms with E-state index in [2.05, 4.69) is 0 Å². The van der Waals surface area contributed by atoms with Crippen LogP contribution in [0.3, 0.4) is 0 Å². The molecule has 2 aliphatic heterocycles. The van der Waals surface area contributed by atoms with Gasteiger partial charge in [-0.25, -0.2) is 9.40 Å². The van der Waals surface area contributed by atoms with Crippen LogP contribution in [0, 0.1) is 5.82 Å². The first-order valence-corrected chi connectivity index (χ1v) is 10.8. The minimum atomic E-state index is -0.774. The molecule has 3 aromatic rings. The summed E-state index contributed by atoms with van der Waals surface area (Å²) >= 11 is 12.8. The molecular formula is C24H19Cl2FN2O2. The van der Waals surface area contributed by atoms with Gasteiger partial charge in [0.2, 0.25) is 6.23 Å². The van der Waals surface area contributed by atoms with Crippen molar-refractivity contribution in [1.29, 1.82) is 0 Å². The van der Waals surface area contributed by atoms with E-state index in [1.807, 2.05) is 49.4 Å². The molecule has 0 bridgehead atoms. The van der Waals surface area contributed by atoms with E-state index in [4.69, 9.17) is 37.8 Å². The van der Waals surface area contributed by atoms with E-state index in [9.17, 15) is 4.39 Å². The van der Waals surface area contributed by atoms with Crippen LogP contribution in [0.4, 0.5) is 4.39 Å². The molecule has 0 N–H and O–H groups in total. The van der Waals surface area contributed by atoms with E-state index in [-0.39, 0.29) is 11.6 Å². The topological polar surface area (TPSA) is 34.1 Å². The molecule has 3 aromatic carbocycles. The van der Waals surface area contributed by atoms with Crippen molar-refractivity contribution in [2.75, 3.05) is 6.61 Å². The fourth-order valence-electron chi connectivity index (χ4n) is 4.10. The van der Waals surface area contributed by atoms with Crippen LogP contribution in [0.1, 0.15) is 42.3 Å². The number of hydrazone groups is 1. The van der Waals surface area contributed by atoms with Gasteiger partial charge in [0.1, 0.15) is 17.3 Å². The zero-order valence-corrected chi connectivity index (χ0v) is 18.2. The molecule has 0 aromatic heterocycles. The first-order valence-electron chi connectivity index (χ1n) is 10.0. The minimum Gasteiger partial charge on any atom is -0.492 e. The van der Waals surface area contributed by atoms with Gasteiger partial charge in [0.05, 0.1) is 34.0 Å². The summed E-state index contributed by atoms with van der Waals surface area (Å²) in [5.74, 6) is 0.909. The fraction of sp³-hybridized carbons (Fsp3) is 0.208. The Kier molecular flexibility index (Phi) is 5.24. The molecule has 4 nitrogen and oxygen atoms in total. The van der Waals surface area contributed by atoms with E-state index in [1.165, 1.54) is 6.07 Å². The number of para-hydroxylation sites is 1. The Morgan fingerprint density at radius 1 is 1.10 bits per heavy atom. The van der Waals surface area contributed by atoms with Gasteiger partial charge in [0, 0.05) is 12.0 Å². The maximum absolute atomic E-state index is 14.8. The van der Waals surface area contributed by atoms with Crippen molar-refractivity contribution in [2.24, 2.45) is 5.10 Å². The molecule has 7 heteroatoms. The van der Waals surface area contributed by atoms with Crippen LogP contribution in [0.2, 0.25) is 10.0 Å². The number of ether oxygens (including phenoxy) is 2. The lowest BCUT2D eigenvalue weighted by atomic mass is 9.96. The van der Waals surface area contributed by atoms with Crippen molar-refractivity contribution in [3.05, 3.63) is 93.2 Å². The molecule has 0 amide bonds. The number of hydrogen-bond donors (Lipinski definition) is 0. The number of nitrogens with zero attached hydrogens (tertiary/aromatic N) is 2. The number of rotatable bonds is 4. The standard InChI is InChI=1S/C24H19Cl2FN2O2/c1-2-30-22-11-10-14(12-17(22)26)19-13-20-15-6-3-4-9-21(15)31-24(29(20)28-19)23-16(25)7-5-8-18(23)27/h3-12,20,24H,2,13H2,1H3/t20-,24+/m0/s1. The highest BCUT2D eigenvalue weighted by Crippen LogP contribution is 2.49. The zero-order chi connectivity index (χ0) is 21.5. The molecule has 5 rings (SSSR count). The summed E-state index contributed by atoms with van der Waals surface area (Å²) in [6, 6.07) is 17.9.